The van der Waals surface area contributed by atoms with Crippen molar-refractivity contribution in [1.29, 1.82) is 0 Å². The Balaban J connectivity index is 2.33. The molecule has 0 spiro atoms. The summed E-state index contributed by atoms with van der Waals surface area (Å²) in [6, 6.07) is 5.92. The molecule has 0 aliphatic heterocycles. The van der Waals surface area contributed by atoms with Crippen molar-refractivity contribution >= 4 is 33.0 Å². The number of nitrogens with one attached hydrogen (secondary N) is 1. The number of benzene rings is 1. The molecule has 0 unspecified atom stereocenters. The average molecular weight is 283 g/mol. The largest absolute Gasteiger partial charge is 0.319 e. The molecule has 1 aromatic heterocycles. The maximum atomic E-state index is 11.8. The van der Waals surface area contributed by atoms with Crippen LogP contribution in [0, 0.1) is 0 Å². The number of hydrogen-bond donors (Lipinski definition) is 2. The van der Waals surface area contributed by atoms with Crippen molar-refractivity contribution in [3.8, 4) is 0 Å². The van der Waals surface area contributed by atoms with Crippen LogP contribution in [0.4, 0.5) is 5.69 Å². The van der Waals surface area contributed by atoms with Gasteiger partial charge in [-0.05, 0) is 12.1 Å². The third-order valence-electron chi connectivity index (χ3n) is 2.11. The van der Waals surface area contributed by atoms with E-state index in [0.29, 0.717) is 0 Å². The molecule has 8 heteroatoms. The van der Waals surface area contributed by atoms with E-state index in [-0.39, 0.29) is 16.3 Å². The molecular formula is C10H9N3O3S2. The minimum absolute atomic E-state index is 0.131. The first-order valence-corrected chi connectivity index (χ1v) is 7.29. The smallest absolute Gasteiger partial charge is 0.275 e. The van der Waals surface area contributed by atoms with Crippen LogP contribution in [0.3, 0.4) is 0 Å². The second-order valence-electron chi connectivity index (χ2n) is 3.37. The summed E-state index contributed by atoms with van der Waals surface area (Å²) in [4.78, 5) is 15.5. The van der Waals surface area contributed by atoms with Crippen LogP contribution in [0.5, 0.6) is 0 Å². The van der Waals surface area contributed by atoms with E-state index >= 15 is 0 Å². The number of amides is 1. The highest BCUT2D eigenvalue weighted by atomic mass is 32.2. The van der Waals surface area contributed by atoms with Gasteiger partial charge < -0.3 is 5.32 Å². The summed E-state index contributed by atoms with van der Waals surface area (Å²) >= 11 is 1.27. The number of nitrogens with zero attached hydrogens (tertiary/aromatic N) is 1. The number of carbonyl (C=O) groups excluding carboxylic acids is 1. The molecule has 94 valence electrons. The fourth-order valence-corrected chi connectivity index (χ4v) is 2.55. The van der Waals surface area contributed by atoms with Gasteiger partial charge in [-0.2, -0.15) is 0 Å². The Morgan fingerprint density at radius 2 is 2.06 bits per heavy atom. The molecule has 0 fully saturated rings. The molecule has 0 aliphatic rings. The van der Waals surface area contributed by atoms with E-state index in [1.807, 2.05) is 0 Å². The van der Waals surface area contributed by atoms with Crippen molar-refractivity contribution in [2.24, 2.45) is 5.14 Å². The van der Waals surface area contributed by atoms with Gasteiger partial charge >= 0.3 is 0 Å². The van der Waals surface area contributed by atoms with Crippen LogP contribution in [-0.4, -0.2) is 19.3 Å². The number of sulfonamides is 1. The molecule has 3 N–H and O–H groups in total. The van der Waals surface area contributed by atoms with Crippen LogP contribution in [0.25, 0.3) is 0 Å². The Labute approximate surface area is 108 Å². The number of aromatic nitrogens is 1. The Hall–Kier alpha value is -1.77. The molecule has 18 heavy (non-hydrogen) atoms. The number of primary sulfonamides is 1. The second kappa shape index (κ2) is 4.84. The normalized spacial score (nSPS) is 11.2. The van der Waals surface area contributed by atoms with E-state index in [2.05, 4.69) is 10.3 Å². The van der Waals surface area contributed by atoms with E-state index in [0.717, 1.165) is 0 Å². The molecule has 2 aromatic rings. The highest BCUT2D eigenvalue weighted by Crippen LogP contribution is 2.19. The van der Waals surface area contributed by atoms with Crippen molar-refractivity contribution in [2.45, 2.75) is 4.90 Å². The van der Waals surface area contributed by atoms with E-state index in [9.17, 15) is 13.2 Å². The number of para-hydroxylation sites is 1. The Kier molecular flexibility index (Phi) is 3.41. The predicted octanol–water partition coefficient (Wildman–Crippen LogP) is 1.04. The van der Waals surface area contributed by atoms with Gasteiger partial charge in [0.15, 0.2) is 0 Å². The lowest BCUT2D eigenvalue weighted by Gasteiger charge is -2.07. The van der Waals surface area contributed by atoms with Crippen LogP contribution in [-0.2, 0) is 10.0 Å². The summed E-state index contributed by atoms with van der Waals surface area (Å²) in [6.07, 6.45) is 0. The first-order chi connectivity index (χ1) is 8.48. The Morgan fingerprint density at radius 3 is 2.67 bits per heavy atom. The number of nitrogens with two attached hydrogens (primary N) is 1. The fraction of sp³-hybridized carbons (Fsp3) is 0. The molecule has 0 bridgehead atoms. The molecule has 0 atom stereocenters. The number of hydrogen-bond acceptors (Lipinski definition) is 5. The van der Waals surface area contributed by atoms with Crippen molar-refractivity contribution in [1.82, 2.24) is 4.98 Å². The highest BCUT2D eigenvalue weighted by Gasteiger charge is 2.16. The molecule has 1 aromatic carbocycles. The lowest BCUT2D eigenvalue weighted by atomic mass is 10.3. The molecule has 1 heterocycles. The van der Waals surface area contributed by atoms with Crippen molar-refractivity contribution < 1.29 is 13.2 Å². The summed E-state index contributed by atoms with van der Waals surface area (Å²) in [5.74, 6) is -0.479. The second-order valence-corrected chi connectivity index (χ2v) is 5.62. The molecule has 6 nitrogen and oxygen atoms in total. The molecule has 0 aliphatic carbocycles. The highest BCUT2D eigenvalue weighted by molar-refractivity contribution is 7.89. The third-order valence-corrected chi connectivity index (χ3v) is 3.66. The summed E-state index contributed by atoms with van der Waals surface area (Å²) < 4.78 is 22.7. The van der Waals surface area contributed by atoms with Gasteiger partial charge in [-0.3, -0.25) is 4.79 Å². The van der Waals surface area contributed by atoms with Gasteiger partial charge in [-0.1, -0.05) is 12.1 Å². The van der Waals surface area contributed by atoms with Crippen molar-refractivity contribution in [2.75, 3.05) is 5.32 Å². The fourth-order valence-electron chi connectivity index (χ4n) is 1.33. The Bertz CT molecular complexity index is 665. The number of carbonyl (C=O) groups is 1. The zero-order valence-corrected chi connectivity index (χ0v) is 10.7. The van der Waals surface area contributed by atoms with Crippen LogP contribution in [0.15, 0.2) is 40.1 Å². The van der Waals surface area contributed by atoms with Crippen molar-refractivity contribution in [3.05, 3.63) is 40.8 Å². The zero-order chi connectivity index (χ0) is 13.2. The van der Waals surface area contributed by atoms with Gasteiger partial charge in [0.05, 0.1) is 11.2 Å². The zero-order valence-electron chi connectivity index (χ0n) is 9.03. The molecule has 1 amide bonds. The molecule has 0 radical (unpaired) electrons. The Morgan fingerprint density at radius 1 is 1.33 bits per heavy atom. The topological polar surface area (TPSA) is 102 Å². The first-order valence-electron chi connectivity index (χ1n) is 4.80. The minimum Gasteiger partial charge on any atom is -0.319 e. The first kappa shape index (κ1) is 12.7. The number of anilines is 1. The third kappa shape index (κ3) is 2.73. The maximum absolute atomic E-state index is 11.8. The van der Waals surface area contributed by atoms with Crippen LogP contribution in [0.2, 0.25) is 0 Å². The SMILES string of the molecule is NS(=O)(=O)c1ccccc1NC(=O)c1cscn1. The molecule has 0 saturated heterocycles. The molecular weight excluding hydrogens is 274 g/mol. The van der Waals surface area contributed by atoms with Gasteiger partial charge in [0.2, 0.25) is 10.0 Å². The van der Waals surface area contributed by atoms with Gasteiger partial charge in [-0.25, -0.2) is 18.5 Å². The van der Waals surface area contributed by atoms with E-state index in [1.54, 1.807) is 11.4 Å². The molecule has 0 saturated carbocycles. The standard InChI is InChI=1S/C10H9N3O3S2/c11-18(15,16)9-4-2-1-3-7(9)13-10(14)8-5-17-6-12-8/h1-6H,(H,13,14)(H2,11,15,16). The van der Waals surface area contributed by atoms with Gasteiger partial charge in [0.1, 0.15) is 10.6 Å². The van der Waals surface area contributed by atoms with Crippen LogP contribution in [0.1, 0.15) is 10.5 Å². The van der Waals surface area contributed by atoms with Gasteiger partial charge in [0, 0.05) is 5.38 Å². The minimum atomic E-state index is -3.88. The van der Waals surface area contributed by atoms with Crippen LogP contribution >= 0.6 is 11.3 Å². The van der Waals surface area contributed by atoms with E-state index in [4.69, 9.17) is 5.14 Å². The summed E-state index contributed by atoms with van der Waals surface area (Å²) in [6.45, 7) is 0. The van der Waals surface area contributed by atoms with Gasteiger partial charge in [-0.15, -0.1) is 11.3 Å². The predicted molar refractivity (Wildman–Crippen MR) is 67.9 cm³/mol. The van der Waals surface area contributed by atoms with Crippen molar-refractivity contribution in [3.63, 3.8) is 0 Å². The van der Waals surface area contributed by atoms with E-state index in [1.165, 1.54) is 35.0 Å². The van der Waals surface area contributed by atoms with Crippen LogP contribution < -0.4 is 10.5 Å². The summed E-state index contributed by atoms with van der Waals surface area (Å²) in [7, 11) is -3.88. The maximum Gasteiger partial charge on any atom is 0.275 e. The quantitative estimate of drug-likeness (QED) is 0.878. The molecule has 2 rings (SSSR count). The lowest BCUT2D eigenvalue weighted by Crippen LogP contribution is -2.18. The average Bonchev–Trinajstić information content (AvgIpc) is 2.81. The monoisotopic (exact) mass is 283 g/mol. The van der Waals surface area contributed by atoms with E-state index < -0.39 is 15.9 Å². The van der Waals surface area contributed by atoms with Gasteiger partial charge in [0.25, 0.3) is 5.91 Å². The lowest BCUT2D eigenvalue weighted by molar-refractivity contribution is 0.102. The number of rotatable bonds is 3. The number of thiazole rings is 1. The summed E-state index contributed by atoms with van der Waals surface area (Å²) in [5, 5.41) is 9.09. The summed E-state index contributed by atoms with van der Waals surface area (Å²) in [5.41, 5.74) is 1.88.